The van der Waals surface area contributed by atoms with Crippen molar-refractivity contribution in [3.63, 3.8) is 0 Å². The molecule has 0 spiro atoms. The summed E-state index contributed by atoms with van der Waals surface area (Å²) in [4.78, 5) is 5.08. The molecular formula is C130H119BN4. The Kier molecular flexibility index (Phi) is 15.8. The fraction of sp³-hybridized carbons (Fsp3) is 0.215. The second kappa shape index (κ2) is 30.3. The van der Waals surface area contributed by atoms with E-state index in [2.05, 4.69) is 337 Å². The fourth-order valence-corrected chi connectivity index (χ4v) is 21.7. The summed E-state index contributed by atoms with van der Waals surface area (Å²) < 4.78 is 148. The lowest BCUT2D eigenvalue weighted by atomic mass is 9.33. The van der Waals surface area contributed by atoms with Crippen LogP contribution in [0.4, 0.5) is 34.1 Å². The lowest BCUT2D eigenvalue weighted by molar-refractivity contribution is 0.589. The zero-order chi connectivity index (χ0) is 106. The highest BCUT2D eigenvalue weighted by atomic mass is 15.2. The molecule has 4 nitrogen and oxygen atoms in total. The molecule has 17 aromatic carbocycles. The van der Waals surface area contributed by atoms with Crippen LogP contribution in [0.25, 0.3) is 164 Å². The van der Waals surface area contributed by atoms with Gasteiger partial charge in [0.05, 0.1) is 63.7 Å². The maximum absolute atomic E-state index is 10.7. The highest BCUT2D eigenvalue weighted by Crippen LogP contribution is 2.58. The molecule has 0 fully saturated rings. The van der Waals surface area contributed by atoms with Gasteiger partial charge < -0.3 is 18.6 Å². The van der Waals surface area contributed by atoms with Crippen LogP contribution in [0.1, 0.15) is 204 Å². The Morgan fingerprint density at radius 1 is 0.207 bits per heavy atom. The van der Waals surface area contributed by atoms with Crippen LogP contribution in [-0.4, -0.2) is 15.5 Å². The van der Waals surface area contributed by atoms with Crippen molar-refractivity contribution in [2.45, 2.75) is 183 Å². The van der Waals surface area contributed by atoms with E-state index in [1.807, 2.05) is 81.6 Å². The molecule has 0 saturated heterocycles. The van der Waals surface area contributed by atoms with Gasteiger partial charge in [-0.2, -0.15) is 0 Å². The first-order valence-electron chi connectivity index (χ1n) is 54.7. The van der Waals surface area contributed by atoms with Gasteiger partial charge >= 0.3 is 0 Å². The Labute approximate surface area is 815 Å². The number of fused-ring (bicyclic) bond motifs is 24. The normalized spacial score (nSPS) is 14.9. The number of hydrogen-bond donors (Lipinski definition) is 0. The van der Waals surface area contributed by atoms with E-state index < -0.39 is 71.3 Å². The van der Waals surface area contributed by atoms with E-state index in [1.165, 1.54) is 0 Å². The molecular weight excluding hydrogens is 1630 g/mol. The van der Waals surface area contributed by atoms with Crippen LogP contribution in [0, 0.1) is 0 Å². The van der Waals surface area contributed by atoms with Crippen LogP contribution in [0.2, 0.25) is 0 Å². The van der Waals surface area contributed by atoms with Gasteiger partial charge in [0.25, 0.3) is 6.71 Å². The number of hydrogen-bond acceptors (Lipinski definition) is 2. The highest BCUT2D eigenvalue weighted by molar-refractivity contribution is 7.00. The van der Waals surface area contributed by atoms with Gasteiger partial charge in [-0.3, -0.25) is 0 Å². The minimum atomic E-state index is -0.905. The van der Waals surface area contributed by atoms with Gasteiger partial charge in [-0.15, -0.1) is 0 Å². The number of para-hydroxylation sites is 4. The first-order chi connectivity index (χ1) is 70.2. The molecule has 0 amide bonds. The monoisotopic (exact) mass is 1760 g/mol. The lowest BCUT2D eigenvalue weighted by Gasteiger charge is -2.47. The number of anilines is 6. The Morgan fingerprint density at radius 3 is 0.748 bits per heavy atom. The third kappa shape index (κ3) is 13.6. The largest absolute Gasteiger partial charge is 0.310 e. The van der Waals surface area contributed by atoms with Gasteiger partial charge in [-0.05, 0) is 219 Å². The van der Waals surface area contributed by atoms with E-state index in [9.17, 15) is 19.2 Å². The molecule has 0 saturated carbocycles. The first-order valence-corrected chi connectivity index (χ1v) is 47.7. The molecule has 6 heterocycles. The van der Waals surface area contributed by atoms with Crippen LogP contribution in [0.15, 0.2) is 339 Å². The van der Waals surface area contributed by atoms with Gasteiger partial charge in [0.2, 0.25) is 0 Å². The second-order valence-corrected chi connectivity index (χ2v) is 45.0. The van der Waals surface area contributed by atoms with Gasteiger partial charge in [0.15, 0.2) is 0 Å². The average Bonchev–Trinajstić information content (AvgIpc) is 1.57. The van der Waals surface area contributed by atoms with Crippen LogP contribution in [-0.2, 0) is 37.9 Å². The van der Waals surface area contributed by atoms with Crippen molar-refractivity contribution < 1.29 is 19.2 Å². The van der Waals surface area contributed by atoms with E-state index in [0.29, 0.717) is 54.7 Å². The van der Waals surface area contributed by atoms with Crippen LogP contribution < -0.4 is 26.2 Å². The van der Waals surface area contributed by atoms with Gasteiger partial charge in [0.1, 0.15) is 0 Å². The SMILES string of the molecule is [2H]c1c([2H])c([2H])c2c(c1[2H])c1c([2H])c([2H])c([2H])c3c4ccccc4c4ccccc4c4cc5c(cc4n2c31)N(c1c(-c2cccc(C(C)(C)C)c2)cc(C(C)(C)C)cc1-c1cccc(C(C)(C)C)c1)c1cc(C(C)(C)C)cc2c1B5c1cc3c4ccccc4c4ccccc4c4c([2H])c([2H])c([2H])c5c6c([2H])c([2H])c([2H])c([2H])c6n(c3cc1N2c1c(-c2cccc(C(C)(C)C)c2)cc(C(C)(C)C)cc1-c1cccc(C(C)(C)C)c1)c45. The molecule has 0 atom stereocenters. The van der Waals surface area contributed by atoms with Crippen molar-refractivity contribution in [2.75, 3.05) is 9.80 Å². The standard InChI is InChI=1S/C130H119BN4/c1-124(2,3)82-44-34-40-78(64-82)103-68-86(128(13,14)15)69-104(79-41-35-45-83(65-79)125(4,5)6)122(103)134-115-76-113-107(95-54-28-24-50-91(95)89-48-22-26-52-93(89)99-58-38-60-101-97-56-30-32-62-111(97)132(113)120(99)101)74-109(115)131-110-75-108-96-55-29-25-51-92(96)90-49-23-27-53-94(90)100-59-39-61-102-98-57-31-33-63-112(98)133(121(100)102)114(108)77-116(110)135(118-73-88(130(19,20)21)72-117(134)119(118)131)123-105(80-42-36-46-84(66-80)126(7,8)9)70-87(129(16,17)18)71-106(123)81-43-37-47-85(67-81)127(10,11)12/h22-77H,1-21H3/i30D,31D,32D,33D,38D,39D,56D,57D,58D,59D,60D,61D,62D,63D. The number of rotatable bonds is 6. The van der Waals surface area contributed by atoms with Crippen LogP contribution in [0.3, 0.4) is 0 Å². The zero-order valence-corrected chi connectivity index (χ0v) is 81.1. The van der Waals surface area contributed by atoms with Gasteiger partial charge in [-0.25, -0.2) is 0 Å². The molecule has 0 radical (unpaired) electrons. The maximum Gasteiger partial charge on any atom is 0.252 e. The van der Waals surface area contributed by atoms with Crippen molar-refractivity contribution in [3.8, 4) is 44.5 Å². The van der Waals surface area contributed by atoms with E-state index >= 15 is 0 Å². The third-order valence-electron chi connectivity index (χ3n) is 29.0. The smallest absolute Gasteiger partial charge is 0.252 e. The quantitative estimate of drug-likeness (QED) is 0.154. The predicted molar refractivity (Wildman–Crippen MR) is 588 cm³/mol. The summed E-state index contributed by atoms with van der Waals surface area (Å²) in [7, 11) is 0. The summed E-state index contributed by atoms with van der Waals surface area (Å²) in [5.74, 6) is 0. The summed E-state index contributed by atoms with van der Waals surface area (Å²) in [5, 5.41) is 7.58. The molecule has 2 aliphatic heterocycles. The van der Waals surface area contributed by atoms with Gasteiger partial charge in [0, 0.05) is 88.1 Å². The number of nitrogens with zero attached hydrogens (tertiary/aromatic N) is 4. The molecule has 4 aromatic heterocycles. The topological polar surface area (TPSA) is 15.3 Å². The van der Waals surface area contributed by atoms with Gasteiger partial charge in [-0.1, -0.05) is 424 Å². The molecule has 0 N–H and O–H groups in total. The minimum Gasteiger partial charge on any atom is -0.310 e. The molecule has 662 valence electrons. The Hall–Kier alpha value is -14.0. The van der Waals surface area contributed by atoms with E-state index in [4.69, 9.17) is 0 Å². The molecule has 21 aromatic rings. The van der Waals surface area contributed by atoms with Crippen molar-refractivity contribution in [1.29, 1.82) is 0 Å². The number of benzene rings is 17. The van der Waals surface area contributed by atoms with Crippen molar-refractivity contribution in [2.24, 2.45) is 0 Å². The van der Waals surface area contributed by atoms with E-state index in [1.54, 1.807) is 0 Å². The first kappa shape index (κ1) is 70.7. The molecule has 23 rings (SSSR count). The Morgan fingerprint density at radius 2 is 0.459 bits per heavy atom. The van der Waals surface area contributed by atoms with E-state index in [0.717, 1.165) is 144 Å². The zero-order valence-electron chi connectivity index (χ0n) is 95.1. The van der Waals surface area contributed by atoms with Crippen molar-refractivity contribution >= 4 is 177 Å². The third-order valence-corrected chi connectivity index (χ3v) is 29.0. The fourth-order valence-electron chi connectivity index (χ4n) is 21.7. The highest BCUT2D eigenvalue weighted by Gasteiger charge is 2.48. The van der Waals surface area contributed by atoms with Crippen molar-refractivity contribution in [1.82, 2.24) is 8.80 Å². The molecule has 0 bridgehead atoms. The summed E-state index contributed by atoms with van der Waals surface area (Å²) >= 11 is 0. The summed E-state index contributed by atoms with van der Waals surface area (Å²) in [6.45, 7) is 46.7. The minimum absolute atomic E-state index is 0.0345. The maximum atomic E-state index is 10.7. The predicted octanol–water partition coefficient (Wildman–Crippen LogP) is 34.7. The summed E-state index contributed by atoms with van der Waals surface area (Å²) in [6, 6.07) is 86.4. The molecule has 0 unspecified atom stereocenters. The summed E-state index contributed by atoms with van der Waals surface area (Å²) in [5.41, 5.74) is 20.4. The molecule has 0 aliphatic carbocycles. The second-order valence-electron chi connectivity index (χ2n) is 45.0. The van der Waals surface area contributed by atoms with Crippen LogP contribution in [0.5, 0.6) is 0 Å². The van der Waals surface area contributed by atoms with Crippen LogP contribution >= 0.6 is 0 Å². The molecule has 135 heavy (non-hydrogen) atoms. The Balaban J connectivity index is 1.07. The van der Waals surface area contributed by atoms with E-state index in [-0.39, 0.29) is 112 Å². The average molecular weight is 1760 g/mol. The number of aromatic nitrogens is 2. The van der Waals surface area contributed by atoms with Crippen molar-refractivity contribution in [3.05, 3.63) is 378 Å². The molecule has 5 heteroatoms. The molecule has 2 aliphatic rings. The lowest BCUT2D eigenvalue weighted by Crippen LogP contribution is -2.61. The summed E-state index contributed by atoms with van der Waals surface area (Å²) in [6.07, 6.45) is 0. The Bertz CT molecular complexity index is 8960.